The van der Waals surface area contributed by atoms with E-state index >= 15 is 0 Å². The van der Waals surface area contributed by atoms with Gasteiger partial charge in [-0.15, -0.1) is 0 Å². The van der Waals surface area contributed by atoms with Crippen molar-refractivity contribution >= 4 is 16.8 Å². The quantitative estimate of drug-likeness (QED) is 0.800. The van der Waals surface area contributed by atoms with Gasteiger partial charge in [-0.05, 0) is 29.7 Å². The summed E-state index contributed by atoms with van der Waals surface area (Å²) >= 11 is 0. The number of rotatable bonds is 4. The van der Waals surface area contributed by atoms with Gasteiger partial charge in [0.2, 0.25) is 0 Å². The molecule has 1 fully saturated rings. The standard InChI is InChI=1S/C19H21N3O2/c20-19-17-11-15(6-7-18(17)24-21-19)12-22-8-9-23-16(13-22)10-14-4-2-1-3-5-14/h1-7,11,16H,8-10,12-13H2,(H2,20,21). The van der Waals surface area contributed by atoms with E-state index in [-0.39, 0.29) is 6.10 Å². The summed E-state index contributed by atoms with van der Waals surface area (Å²) in [6.07, 6.45) is 1.19. The van der Waals surface area contributed by atoms with E-state index in [1.165, 1.54) is 11.1 Å². The maximum absolute atomic E-state index is 5.94. The molecular formula is C19H21N3O2. The number of fused-ring (bicyclic) bond motifs is 1. The number of ether oxygens (including phenoxy) is 1. The third-order valence-electron chi connectivity index (χ3n) is 4.50. The van der Waals surface area contributed by atoms with Crippen molar-refractivity contribution in [2.24, 2.45) is 0 Å². The second kappa shape index (κ2) is 6.63. The maximum atomic E-state index is 5.94. The molecule has 24 heavy (non-hydrogen) atoms. The summed E-state index contributed by atoms with van der Waals surface area (Å²) in [5.41, 5.74) is 9.13. The van der Waals surface area contributed by atoms with Crippen LogP contribution in [0, 0.1) is 0 Å². The zero-order valence-electron chi connectivity index (χ0n) is 13.5. The normalized spacial score (nSPS) is 18.9. The van der Waals surface area contributed by atoms with Gasteiger partial charge in [0, 0.05) is 19.6 Å². The molecule has 2 aromatic carbocycles. The minimum absolute atomic E-state index is 0.241. The summed E-state index contributed by atoms with van der Waals surface area (Å²) in [5.74, 6) is 0.454. The van der Waals surface area contributed by atoms with Crippen molar-refractivity contribution in [2.45, 2.75) is 19.1 Å². The molecule has 3 aromatic rings. The van der Waals surface area contributed by atoms with Crippen LogP contribution in [0.1, 0.15) is 11.1 Å². The number of hydrogen-bond donors (Lipinski definition) is 1. The van der Waals surface area contributed by atoms with Crippen molar-refractivity contribution in [1.29, 1.82) is 0 Å². The van der Waals surface area contributed by atoms with E-state index in [1.54, 1.807) is 0 Å². The van der Waals surface area contributed by atoms with Gasteiger partial charge in [-0.1, -0.05) is 41.6 Å². The molecule has 1 saturated heterocycles. The number of morpholine rings is 1. The van der Waals surface area contributed by atoms with Gasteiger partial charge in [0.1, 0.15) is 0 Å². The Balaban J connectivity index is 1.42. The molecule has 2 N–H and O–H groups in total. The van der Waals surface area contributed by atoms with E-state index < -0.39 is 0 Å². The number of nitrogens with zero attached hydrogens (tertiary/aromatic N) is 2. The van der Waals surface area contributed by atoms with Crippen LogP contribution in [-0.4, -0.2) is 35.9 Å². The number of benzene rings is 2. The summed E-state index contributed by atoms with van der Waals surface area (Å²) in [4.78, 5) is 2.43. The van der Waals surface area contributed by atoms with Crippen LogP contribution in [0.4, 0.5) is 5.82 Å². The Bertz CT molecular complexity index is 816. The topological polar surface area (TPSA) is 64.5 Å². The van der Waals surface area contributed by atoms with E-state index in [2.05, 4.69) is 46.5 Å². The highest BCUT2D eigenvalue weighted by atomic mass is 16.5. The summed E-state index contributed by atoms with van der Waals surface area (Å²) in [7, 11) is 0. The van der Waals surface area contributed by atoms with Gasteiger partial charge >= 0.3 is 0 Å². The molecule has 1 aliphatic heterocycles. The van der Waals surface area contributed by atoms with Crippen molar-refractivity contribution in [2.75, 3.05) is 25.4 Å². The molecule has 1 atom stereocenters. The van der Waals surface area contributed by atoms with Gasteiger partial charge in [0.25, 0.3) is 0 Å². The van der Waals surface area contributed by atoms with Crippen LogP contribution >= 0.6 is 0 Å². The van der Waals surface area contributed by atoms with E-state index in [9.17, 15) is 0 Å². The molecule has 2 heterocycles. The predicted octanol–water partition coefficient (Wildman–Crippen LogP) is 2.85. The molecule has 0 bridgehead atoms. The Morgan fingerprint density at radius 3 is 2.88 bits per heavy atom. The predicted molar refractivity (Wildman–Crippen MR) is 93.6 cm³/mol. The van der Waals surface area contributed by atoms with E-state index in [0.29, 0.717) is 5.82 Å². The highest BCUT2D eigenvalue weighted by molar-refractivity contribution is 5.87. The minimum atomic E-state index is 0.241. The summed E-state index contributed by atoms with van der Waals surface area (Å²) < 4.78 is 11.1. The van der Waals surface area contributed by atoms with Crippen LogP contribution in [0.25, 0.3) is 11.0 Å². The van der Waals surface area contributed by atoms with E-state index in [0.717, 1.165) is 43.6 Å². The summed E-state index contributed by atoms with van der Waals surface area (Å²) in [6.45, 7) is 3.54. The average molecular weight is 323 g/mol. The molecule has 0 radical (unpaired) electrons. The Kier molecular flexibility index (Phi) is 4.19. The first kappa shape index (κ1) is 15.2. The van der Waals surface area contributed by atoms with Gasteiger partial charge in [-0.25, -0.2) is 0 Å². The highest BCUT2D eigenvalue weighted by Gasteiger charge is 2.21. The smallest absolute Gasteiger partial charge is 0.174 e. The van der Waals surface area contributed by atoms with Gasteiger partial charge in [0.05, 0.1) is 18.1 Å². The number of aromatic nitrogens is 1. The Labute approximate surface area is 141 Å². The number of nitrogens with two attached hydrogens (primary N) is 1. The van der Waals surface area contributed by atoms with Crippen molar-refractivity contribution < 1.29 is 9.26 Å². The fraction of sp³-hybridized carbons (Fsp3) is 0.316. The van der Waals surface area contributed by atoms with Crippen LogP contribution in [0.5, 0.6) is 0 Å². The Morgan fingerprint density at radius 2 is 2.00 bits per heavy atom. The number of anilines is 1. The summed E-state index contributed by atoms with van der Waals surface area (Å²) in [6, 6.07) is 16.6. The molecule has 0 amide bonds. The first-order valence-corrected chi connectivity index (χ1v) is 8.29. The largest absolute Gasteiger partial charge is 0.380 e. The molecule has 0 saturated carbocycles. The zero-order chi connectivity index (χ0) is 16.4. The van der Waals surface area contributed by atoms with Crippen molar-refractivity contribution in [1.82, 2.24) is 10.1 Å². The molecule has 5 heteroatoms. The lowest BCUT2D eigenvalue weighted by atomic mass is 10.1. The van der Waals surface area contributed by atoms with Crippen molar-refractivity contribution in [3.8, 4) is 0 Å². The Morgan fingerprint density at radius 1 is 1.12 bits per heavy atom. The number of hydrogen-bond acceptors (Lipinski definition) is 5. The third kappa shape index (κ3) is 3.27. The molecule has 1 aliphatic rings. The fourth-order valence-corrected chi connectivity index (χ4v) is 3.29. The van der Waals surface area contributed by atoms with E-state index in [1.807, 2.05) is 12.1 Å². The van der Waals surface area contributed by atoms with Crippen molar-refractivity contribution in [3.05, 3.63) is 59.7 Å². The van der Waals surface area contributed by atoms with Gasteiger partial charge in [-0.3, -0.25) is 4.90 Å². The summed E-state index contributed by atoms with van der Waals surface area (Å²) in [5, 5.41) is 4.70. The van der Waals surface area contributed by atoms with Crippen LogP contribution in [0.3, 0.4) is 0 Å². The molecule has 0 spiro atoms. The SMILES string of the molecule is Nc1noc2ccc(CN3CCOC(Cc4ccccc4)C3)cc12. The van der Waals surface area contributed by atoms with Crippen LogP contribution in [0.2, 0.25) is 0 Å². The fourth-order valence-electron chi connectivity index (χ4n) is 3.29. The third-order valence-corrected chi connectivity index (χ3v) is 4.50. The van der Waals surface area contributed by atoms with Gasteiger partial charge in [0.15, 0.2) is 11.4 Å². The minimum Gasteiger partial charge on any atom is -0.380 e. The number of nitrogen functional groups attached to an aromatic ring is 1. The lowest BCUT2D eigenvalue weighted by Gasteiger charge is -2.33. The lowest BCUT2D eigenvalue weighted by Crippen LogP contribution is -2.42. The first-order valence-electron chi connectivity index (χ1n) is 8.29. The molecule has 5 nitrogen and oxygen atoms in total. The zero-order valence-corrected chi connectivity index (χ0v) is 13.5. The monoisotopic (exact) mass is 323 g/mol. The molecular weight excluding hydrogens is 302 g/mol. The molecule has 1 aromatic heterocycles. The molecule has 0 aliphatic carbocycles. The van der Waals surface area contributed by atoms with Crippen LogP contribution in [-0.2, 0) is 17.7 Å². The van der Waals surface area contributed by atoms with Crippen molar-refractivity contribution in [3.63, 3.8) is 0 Å². The molecule has 124 valence electrons. The second-order valence-electron chi connectivity index (χ2n) is 6.32. The van der Waals surface area contributed by atoms with Crippen LogP contribution < -0.4 is 5.73 Å². The Hall–Kier alpha value is -2.37. The van der Waals surface area contributed by atoms with E-state index in [4.69, 9.17) is 15.0 Å². The molecule has 1 unspecified atom stereocenters. The lowest BCUT2D eigenvalue weighted by molar-refractivity contribution is -0.0304. The molecule has 4 rings (SSSR count). The van der Waals surface area contributed by atoms with Gasteiger partial charge < -0.3 is 15.0 Å². The highest BCUT2D eigenvalue weighted by Crippen LogP contribution is 2.23. The first-order chi connectivity index (χ1) is 11.8. The maximum Gasteiger partial charge on any atom is 0.174 e. The van der Waals surface area contributed by atoms with Gasteiger partial charge in [-0.2, -0.15) is 0 Å². The average Bonchev–Trinajstić information content (AvgIpc) is 2.97. The van der Waals surface area contributed by atoms with Crippen LogP contribution in [0.15, 0.2) is 53.1 Å². The second-order valence-corrected chi connectivity index (χ2v) is 6.32.